The van der Waals surface area contributed by atoms with Gasteiger partial charge in [-0.25, -0.2) is 9.78 Å². The fraction of sp³-hybridized carbons (Fsp3) is 0.600. The van der Waals surface area contributed by atoms with Crippen LogP contribution in [0.1, 0.15) is 34.8 Å². The van der Waals surface area contributed by atoms with Gasteiger partial charge < -0.3 is 5.11 Å². The van der Waals surface area contributed by atoms with E-state index in [1.54, 1.807) is 0 Å². The minimum absolute atomic E-state index is 0.187. The van der Waals surface area contributed by atoms with Crippen LogP contribution >= 0.6 is 11.3 Å². The van der Waals surface area contributed by atoms with Crippen LogP contribution in [-0.2, 0) is 6.54 Å². The second kappa shape index (κ2) is 4.28. The van der Waals surface area contributed by atoms with E-state index in [4.69, 9.17) is 5.11 Å². The van der Waals surface area contributed by atoms with Crippen molar-refractivity contribution in [2.45, 2.75) is 31.8 Å². The number of aromatic nitrogens is 1. The topological polar surface area (TPSA) is 53.4 Å². The number of carboxylic acids is 1. The van der Waals surface area contributed by atoms with Gasteiger partial charge in [0.2, 0.25) is 5.01 Å². The molecule has 1 heterocycles. The lowest BCUT2D eigenvalue weighted by Crippen LogP contribution is -2.36. The van der Waals surface area contributed by atoms with E-state index in [1.165, 1.54) is 30.6 Å². The van der Waals surface area contributed by atoms with Gasteiger partial charge >= 0.3 is 5.97 Å². The number of aromatic carboxylic acids is 1. The van der Waals surface area contributed by atoms with Crippen LogP contribution in [0.3, 0.4) is 0 Å². The number of hydrogen-bond donors (Lipinski definition) is 1. The normalized spacial score (nSPS) is 16.7. The van der Waals surface area contributed by atoms with E-state index < -0.39 is 5.97 Å². The van der Waals surface area contributed by atoms with E-state index in [-0.39, 0.29) is 5.01 Å². The van der Waals surface area contributed by atoms with Crippen molar-refractivity contribution < 1.29 is 9.90 Å². The maximum absolute atomic E-state index is 10.6. The molecule has 5 heteroatoms. The Morgan fingerprint density at radius 3 is 2.93 bits per heavy atom. The zero-order chi connectivity index (χ0) is 10.8. The summed E-state index contributed by atoms with van der Waals surface area (Å²) in [5.41, 5.74) is 0.867. The zero-order valence-electron chi connectivity index (χ0n) is 8.64. The number of hydrogen-bond acceptors (Lipinski definition) is 4. The standard InChI is InChI=1S/C10H14N2O2S/c1-12(8-3-2-4-8)5-7-6-15-9(11-7)10(13)14/h6,8H,2-5H2,1H3,(H,13,14). The van der Waals surface area contributed by atoms with Crippen molar-refractivity contribution in [1.82, 2.24) is 9.88 Å². The molecule has 0 amide bonds. The Kier molecular flexibility index (Phi) is 3.02. The van der Waals surface area contributed by atoms with Gasteiger partial charge in [-0.1, -0.05) is 6.42 Å². The van der Waals surface area contributed by atoms with Gasteiger partial charge in [-0.05, 0) is 19.9 Å². The molecule has 1 aliphatic rings. The third-order valence-electron chi connectivity index (χ3n) is 2.84. The summed E-state index contributed by atoms with van der Waals surface area (Å²) in [7, 11) is 2.07. The SMILES string of the molecule is CN(Cc1csc(C(=O)O)n1)C1CCC1. The Balaban J connectivity index is 1.94. The summed E-state index contributed by atoms with van der Waals surface area (Å²) in [6.45, 7) is 0.758. The number of carbonyl (C=O) groups is 1. The first-order valence-electron chi connectivity index (χ1n) is 5.05. The fourth-order valence-corrected chi connectivity index (χ4v) is 2.34. The molecule has 1 fully saturated rings. The van der Waals surface area contributed by atoms with Crippen molar-refractivity contribution in [2.24, 2.45) is 0 Å². The molecule has 1 aromatic heterocycles. The summed E-state index contributed by atoms with van der Waals surface area (Å²) >= 11 is 1.20. The average molecular weight is 226 g/mol. The van der Waals surface area contributed by atoms with Gasteiger partial charge in [0, 0.05) is 18.0 Å². The van der Waals surface area contributed by atoms with Crippen LogP contribution in [0.2, 0.25) is 0 Å². The van der Waals surface area contributed by atoms with Crippen molar-refractivity contribution in [3.63, 3.8) is 0 Å². The molecular weight excluding hydrogens is 212 g/mol. The Labute approximate surface area is 92.6 Å². The van der Waals surface area contributed by atoms with Gasteiger partial charge in [0.25, 0.3) is 0 Å². The largest absolute Gasteiger partial charge is 0.476 e. The van der Waals surface area contributed by atoms with Crippen molar-refractivity contribution in [1.29, 1.82) is 0 Å². The van der Waals surface area contributed by atoms with E-state index in [0.29, 0.717) is 6.04 Å². The van der Waals surface area contributed by atoms with E-state index in [2.05, 4.69) is 16.9 Å². The van der Waals surface area contributed by atoms with Gasteiger partial charge in [-0.15, -0.1) is 11.3 Å². The molecular formula is C10H14N2O2S. The van der Waals surface area contributed by atoms with Crippen LogP contribution in [0.15, 0.2) is 5.38 Å². The molecule has 0 atom stereocenters. The fourth-order valence-electron chi connectivity index (χ4n) is 1.69. The smallest absolute Gasteiger partial charge is 0.365 e. The number of nitrogens with zero attached hydrogens (tertiary/aromatic N) is 2. The molecule has 4 nitrogen and oxygen atoms in total. The van der Waals surface area contributed by atoms with E-state index >= 15 is 0 Å². The molecule has 2 rings (SSSR count). The third kappa shape index (κ3) is 2.35. The molecule has 0 saturated heterocycles. The summed E-state index contributed by atoms with van der Waals surface area (Å²) in [6, 6.07) is 0.667. The molecule has 1 N–H and O–H groups in total. The number of thiazole rings is 1. The molecule has 1 aromatic rings. The molecule has 0 radical (unpaired) electrons. The Morgan fingerprint density at radius 1 is 1.73 bits per heavy atom. The predicted molar refractivity (Wildman–Crippen MR) is 58.2 cm³/mol. The predicted octanol–water partition coefficient (Wildman–Crippen LogP) is 1.83. The highest BCUT2D eigenvalue weighted by molar-refractivity contribution is 7.11. The first-order valence-corrected chi connectivity index (χ1v) is 5.92. The van der Waals surface area contributed by atoms with Crippen molar-refractivity contribution >= 4 is 17.3 Å². The third-order valence-corrected chi connectivity index (χ3v) is 3.72. The van der Waals surface area contributed by atoms with Crippen molar-refractivity contribution in [2.75, 3.05) is 7.05 Å². The lowest BCUT2D eigenvalue weighted by molar-refractivity contribution is 0.0696. The second-order valence-electron chi connectivity index (χ2n) is 3.95. The molecule has 1 saturated carbocycles. The minimum atomic E-state index is -0.933. The maximum Gasteiger partial charge on any atom is 0.365 e. The summed E-state index contributed by atoms with van der Waals surface area (Å²) in [5, 5.41) is 10.8. The molecule has 15 heavy (non-hydrogen) atoms. The Hall–Kier alpha value is -0.940. The zero-order valence-corrected chi connectivity index (χ0v) is 9.46. The highest BCUT2D eigenvalue weighted by Gasteiger charge is 2.22. The van der Waals surface area contributed by atoms with Crippen LogP contribution in [-0.4, -0.2) is 34.0 Å². The lowest BCUT2D eigenvalue weighted by Gasteiger charge is -2.34. The summed E-state index contributed by atoms with van der Waals surface area (Å²) in [4.78, 5) is 17.0. The highest BCUT2D eigenvalue weighted by Crippen LogP contribution is 2.25. The van der Waals surface area contributed by atoms with Crippen molar-refractivity contribution in [3.8, 4) is 0 Å². The summed E-state index contributed by atoms with van der Waals surface area (Å²) < 4.78 is 0. The van der Waals surface area contributed by atoms with Crippen LogP contribution < -0.4 is 0 Å². The average Bonchev–Trinajstić information content (AvgIpc) is 2.48. The van der Waals surface area contributed by atoms with Gasteiger partial charge in [0.05, 0.1) is 5.69 Å². The van der Waals surface area contributed by atoms with Crippen LogP contribution in [0.25, 0.3) is 0 Å². The van der Waals surface area contributed by atoms with Gasteiger partial charge in [-0.3, -0.25) is 4.90 Å². The van der Waals surface area contributed by atoms with Crippen LogP contribution in [0.4, 0.5) is 0 Å². The summed E-state index contributed by atoms with van der Waals surface area (Å²) in [6.07, 6.45) is 3.82. The second-order valence-corrected chi connectivity index (χ2v) is 4.81. The molecule has 1 aliphatic carbocycles. The monoisotopic (exact) mass is 226 g/mol. The molecule has 0 aliphatic heterocycles. The van der Waals surface area contributed by atoms with E-state index in [9.17, 15) is 4.79 Å². The van der Waals surface area contributed by atoms with E-state index in [0.717, 1.165) is 12.2 Å². The van der Waals surface area contributed by atoms with E-state index in [1.807, 2.05) is 5.38 Å². The first-order chi connectivity index (χ1) is 7.16. The van der Waals surface area contributed by atoms with Crippen LogP contribution in [0, 0.1) is 0 Å². The van der Waals surface area contributed by atoms with Gasteiger partial charge in [0.1, 0.15) is 0 Å². The minimum Gasteiger partial charge on any atom is -0.476 e. The lowest BCUT2D eigenvalue weighted by atomic mass is 9.92. The molecule has 0 unspecified atom stereocenters. The summed E-state index contributed by atoms with van der Waals surface area (Å²) in [5.74, 6) is -0.933. The van der Waals surface area contributed by atoms with Gasteiger partial charge in [-0.2, -0.15) is 0 Å². The molecule has 0 aromatic carbocycles. The van der Waals surface area contributed by atoms with Gasteiger partial charge in [0.15, 0.2) is 0 Å². The first kappa shape index (κ1) is 10.6. The maximum atomic E-state index is 10.6. The Morgan fingerprint density at radius 2 is 2.47 bits per heavy atom. The molecule has 82 valence electrons. The quantitative estimate of drug-likeness (QED) is 0.851. The highest BCUT2D eigenvalue weighted by atomic mass is 32.1. The number of carboxylic acid groups (broad SMARTS) is 1. The molecule has 0 spiro atoms. The van der Waals surface area contributed by atoms with Crippen molar-refractivity contribution in [3.05, 3.63) is 16.1 Å². The molecule has 0 bridgehead atoms. The van der Waals surface area contributed by atoms with Crippen LogP contribution in [0.5, 0.6) is 0 Å². The Bertz CT molecular complexity index is 360. The number of rotatable bonds is 4.